The molecule has 1 saturated heterocycles. The van der Waals surface area contributed by atoms with Crippen LogP contribution in [0, 0.1) is 0 Å². The first-order valence-corrected chi connectivity index (χ1v) is 4.96. The van der Waals surface area contributed by atoms with E-state index in [9.17, 15) is 0 Å². The fourth-order valence-electron chi connectivity index (χ4n) is 1.50. The van der Waals surface area contributed by atoms with Gasteiger partial charge in [0.25, 0.3) is 0 Å². The smallest absolute Gasteiger partial charge is 0.223 e. The Labute approximate surface area is 86.7 Å². The van der Waals surface area contributed by atoms with Crippen LogP contribution in [0.3, 0.4) is 0 Å². The van der Waals surface area contributed by atoms with Crippen LogP contribution in [-0.2, 0) is 0 Å². The maximum absolute atomic E-state index is 5.93. The van der Waals surface area contributed by atoms with Crippen molar-refractivity contribution in [1.82, 2.24) is 9.97 Å². The summed E-state index contributed by atoms with van der Waals surface area (Å²) in [5.41, 5.74) is 0.892. The van der Waals surface area contributed by atoms with Crippen molar-refractivity contribution in [1.29, 1.82) is 0 Å². The van der Waals surface area contributed by atoms with Crippen LogP contribution in [0.15, 0.2) is 6.20 Å². The van der Waals surface area contributed by atoms with Gasteiger partial charge in [0.05, 0.1) is 11.9 Å². The summed E-state index contributed by atoms with van der Waals surface area (Å²) >= 11 is 11.5. The molecule has 0 aliphatic carbocycles. The molecule has 1 aromatic rings. The van der Waals surface area contributed by atoms with Gasteiger partial charge in [0, 0.05) is 13.1 Å². The first kappa shape index (κ1) is 9.03. The Morgan fingerprint density at radius 2 is 1.92 bits per heavy atom. The van der Waals surface area contributed by atoms with Gasteiger partial charge in [-0.3, -0.25) is 0 Å². The average Bonchev–Trinajstić information content (AvgIpc) is 2.56. The second kappa shape index (κ2) is 3.68. The lowest BCUT2D eigenvalue weighted by Crippen LogP contribution is -2.18. The van der Waals surface area contributed by atoms with Gasteiger partial charge in [0.15, 0.2) is 5.15 Å². The van der Waals surface area contributed by atoms with E-state index in [1.165, 1.54) is 12.8 Å². The summed E-state index contributed by atoms with van der Waals surface area (Å²) in [4.78, 5) is 9.99. The fraction of sp³-hybridized carbons (Fsp3) is 0.500. The molecule has 2 heterocycles. The Morgan fingerprint density at radius 1 is 1.23 bits per heavy atom. The summed E-state index contributed by atoms with van der Waals surface area (Å²) in [5, 5.41) is 0.648. The van der Waals surface area contributed by atoms with Crippen LogP contribution in [-0.4, -0.2) is 23.1 Å². The minimum absolute atomic E-state index is 0.202. The van der Waals surface area contributed by atoms with Gasteiger partial charge in [-0.2, -0.15) is 0 Å². The van der Waals surface area contributed by atoms with Crippen LogP contribution in [0.25, 0.3) is 0 Å². The molecule has 3 nitrogen and oxygen atoms in total. The molecule has 1 aliphatic rings. The molecule has 13 heavy (non-hydrogen) atoms. The topological polar surface area (TPSA) is 29.0 Å². The summed E-state index contributed by atoms with van der Waals surface area (Å²) in [6.45, 7) is 2.06. The zero-order valence-corrected chi connectivity index (χ0v) is 8.52. The standard InChI is InChI=1S/C8H9Cl2N3/c9-7-6(5-11-8(10)12-7)13-3-1-2-4-13/h5H,1-4H2. The maximum atomic E-state index is 5.93. The lowest BCUT2D eigenvalue weighted by atomic mass is 10.4. The Balaban J connectivity index is 2.29. The van der Waals surface area contributed by atoms with Crippen LogP contribution in [0.5, 0.6) is 0 Å². The van der Waals surface area contributed by atoms with E-state index in [0.29, 0.717) is 5.15 Å². The molecular formula is C8H9Cl2N3. The van der Waals surface area contributed by atoms with Crippen LogP contribution in [0.2, 0.25) is 10.4 Å². The molecule has 0 bridgehead atoms. The number of anilines is 1. The first-order valence-electron chi connectivity index (χ1n) is 4.20. The Hall–Kier alpha value is -0.540. The molecule has 0 radical (unpaired) electrons. The Morgan fingerprint density at radius 3 is 2.54 bits per heavy atom. The summed E-state index contributed by atoms with van der Waals surface area (Å²) < 4.78 is 0. The predicted molar refractivity (Wildman–Crippen MR) is 53.5 cm³/mol. The maximum Gasteiger partial charge on any atom is 0.223 e. The average molecular weight is 218 g/mol. The highest BCUT2D eigenvalue weighted by atomic mass is 35.5. The highest BCUT2D eigenvalue weighted by molar-refractivity contribution is 6.33. The van der Waals surface area contributed by atoms with E-state index in [1.54, 1.807) is 6.20 Å². The van der Waals surface area contributed by atoms with E-state index in [-0.39, 0.29) is 5.28 Å². The van der Waals surface area contributed by atoms with Gasteiger partial charge in [-0.15, -0.1) is 0 Å². The van der Waals surface area contributed by atoms with Gasteiger partial charge < -0.3 is 4.90 Å². The van der Waals surface area contributed by atoms with Gasteiger partial charge in [0.1, 0.15) is 0 Å². The van der Waals surface area contributed by atoms with E-state index in [2.05, 4.69) is 14.9 Å². The van der Waals surface area contributed by atoms with E-state index in [1.807, 2.05) is 0 Å². The number of nitrogens with zero attached hydrogens (tertiary/aromatic N) is 3. The van der Waals surface area contributed by atoms with Gasteiger partial charge in [-0.1, -0.05) is 11.6 Å². The highest BCUT2D eigenvalue weighted by Gasteiger charge is 2.16. The van der Waals surface area contributed by atoms with Crippen molar-refractivity contribution < 1.29 is 0 Å². The molecule has 0 aromatic carbocycles. The largest absolute Gasteiger partial charge is 0.368 e. The van der Waals surface area contributed by atoms with Crippen LogP contribution >= 0.6 is 23.2 Å². The minimum atomic E-state index is 0.202. The third-order valence-electron chi connectivity index (χ3n) is 2.14. The lowest BCUT2D eigenvalue weighted by Gasteiger charge is -2.17. The second-order valence-corrected chi connectivity index (χ2v) is 3.71. The third-order valence-corrected chi connectivity index (χ3v) is 2.60. The van der Waals surface area contributed by atoms with Gasteiger partial charge in [0.2, 0.25) is 5.28 Å². The highest BCUT2D eigenvalue weighted by Crippen LogP contribution is 2.26. The SMILES string of the molecule is Clc1ncc(N2CCCC2)c(Cl)n1. The summed E-state index contributed by atoms with van der Waals surface area (Å²) in [6, 6.07) is 0. The molecule has 2 rings (SSSR count). The van der Waals surface area contributed by atoms with E-state index >= 15 is 0 Å². The zero-order valence-electron chi connectivity index (χ0n) is 7.00. The molecule has 5 heteroatoms. The molecule has 0 spiro atoms. The molecule has 1 aromatic heterocycles. The first-order chi connectivity index (χ1) is 6.27. The number of hydrogen-bond acceptors (Lipinski definition) is 3. The number of hydrogen-bond donors (Lipinski definition) is 0. The predicted octanol–water partition coefficient (Wildman–Crippen LogP) is 2.38. The van der Waals surface area contributed by atoms with E-state index in [4.69, 9.17) is 23.2 Å². The molecule has 1 aliphatic heterocycles. The van der Waals surface area contributed by atoms with E-state index < -0.39 is 0 Å². The minimum Gasteiger partial charge on any atom is -0.368 e. The fourth-order valence-corrected chi connectivity index (χ4v) is 1.93. The van der Waals surface area contributed by atoms with Crippen molar-refractivity contribution in [2.24, 2.45) is 0 Å². The number of halogens is 2. The van der Waals surface area contributed by atoms with Crippen LogP contribution < -0.4 is 4.90 Å². The molecule has 0 N–H and O–H groups in total. The van der Waals surface area contributed by atoms with Gasteiger partial charge in [-0.25, -0.2) is 9.97 Å². The van der Waals surface area contributed by atoms with Gasteiger partial charge >= 0.3 is 0 Å². The molecule has 0 amide bonds. The third kappa shape index (κ3) is 1.86. The van der Waals surface area contributed by atoms with Crippen LogP contribution in [0.4, 0.5) is 5.69 Å². The van der Waals surface area contributed by atoms with Crippen molar-refractivity contribution in [2.75, 3.05) is 18.0 Å². The molecule has 0 unspecified atom stereocenters. The second-order valence-electron chi connectivity index (χ2n) is 3.01. The molecule has 1 fully saturated rings. The molecule has 70 valence electrons. The van der Waals surface area contributed by atoms with Crippen molar-refractivity contribution in [3.05, 3.63) is 16.6 Å². The van der Waals surface area contributed by atoms with Gasteiger partial charge in [-0.05, 0) is 24.4 Å². The summed E-state index contributed by atoms with van der Waals surface area (Å²) in [6.07, 6.45) is 4.10. The number of rotatable bonds is 1. The molecule has 0 saturated carbocycles. The van der Waals surface area contributed by atoms with Crippen molar-refractivity contribution >= 4 is 28.9 Å². The van der Waals surface area contributed by atoms with Crippen molar-refractivity contribution in [2.45, 2.75) is 12.8 Å². The lowest BCUT2D eigenvalue weighted by molar-refractivity contribution is 0.949. The monoisotopic (exact) mass is 217 g/mol. The Bertz CT molecular complexity index is 310. The van der Waals surface area contributed by atoms with Crippen molar-refractivity contribution in [3.8, 4) is 0 Å². The summed E-state index contributed by atoms with van der Waals surface area (Å²) in [7, 11) is 0. The molecular weight excluding hydrogens is 209 g/mol. The summed E-state index contributed by atoms with van der Waals surface area (Å²) in [5.74, 6) is 0. The molecule has 0 atom stereocenters. The number of aromatic nitrogens is 2. The van der Waals surface area contributed by atoms with Crippen LogP contribution in [0.1, 0.15) is 12.8 Å². The van der Waals surface area contributed by atoms with Crippen molar-refractivity contribution in [3.63, 3.8) is 0 Å². The normalized spacial score (nSPS) is 16.6. The van der Waals surface area contributed by atoms with E-state index in [0.717, 1.165) is 18.8 Å². The quantitative estimate of drug-likeness (QED) is 0.535. The Kier molecular flexibility index (Phi) is 2.56. The zero-order chi connectivity index (χ0) is 9.26.